The number of aromatic nitrogens is 2. The van der Waals surface area contributed by atoms with Crippen molar-refractivity contribution in [3.05, 3.63) is 65.2 Å². The third-order valence-corrected chi connectivity index (χ3v) is 5.37. The number of H-pyrrole nitrogens is 1. The van der Waals surface area contributed by atoms with Crippen molar-refractivity contribution >= 4 is 34.1 Å². The van der Waals surface area contributed by atoms with Crippen LogP contribution in [-0.4, -0.2) is 40.0 Å². The Bertz CT molecular complexity index is 1160. The zero-order valence-electron chi connectivity index (χ0n) is 17.7. The van der Waals surface area contributed by atoms with Gasteiger partial charge in [-0.05, 0) is 55.3 Å². The highest BCUT2D eigenvalue weighted by molar-refractivity contribution is 6.30. The number of aliphatic hydroxyl groups excluding tert-OH is 1. The number of fused-ring (bicyclic) bond motifs is 1. The maximum Gasteiger partial charge on any atom is 0.338 e. The van der Waals surface area contributed by atoms with Crippen molar-refractivity contribution in [3.8, 4) is 0 Å². The van der Waals surface area contributed by atoms with Gasteiger partial charge in [-0.1, -0.05) is 25.8 Å². The summed E-state index contributed by atoms with van der Waals surface area (Å²) in [5.74, 6) is 0.361. The fourth-order valence-corrected chi connectivity index (χ4v) is 3.67. The lowest BCUT2D eigenvalue weighted by atomic mass is 10.2. The van der Waals surface area contributed by atoms with E-state index in [4.69, 9.17) is 10.1 Å². The molecule has 0 saturated heterocycles. The van der Waals surface area contributed by atoms with Crippen LogP contribution in [0.5, 0.6) is 0 Å². The van der Waals surface area contributed by atoms with Gasteiger partial charge in [0.2, 0.25) is 0 Å². The molecule has 7 heteroatoms. The number of ether oxygens (including phenoxy) is 1. The van der Waals surface area contributed by atoms with E-state index in [1.54, 1.807) is 29.2 Å². The molecular formula is C24H26N4O3. The van der Waals surface area contributed by atoms with Crippen LogP contribution in [0.3, 0.4) is 0 Å². The first kappa shape index (κ1) is 20.7. The topological polar surface area (TPSA) is 102 Å². The van der Waals surface area contributed by atoms with Gasteiger partial charge in [0.25, 0.3) is 0 Å². The quantitative estimate of drug-likeness (QED) is 0.371. The molecule has 31 heavy (non-hydrogen) atoms. The molecule has 0 atom stereocenters. The molecule has 7 nitrogen and oxygen atoms in total. The molecule has 2 heterocycles. The normalized spacial score (nSPS) is 14.0. The van der Waals surface area contributed by atoms with E-state index in [1.165, 1.54) is 0 Å². The number of imidazole rings is 1. The zero-order valence-corrected chi connectivity index (χ0v) is 17.7. The largest absolute Gasteiger partial charge is 0.509 e. The maximum atomic E-state index is 12.2. The molecule has 1 aliphatic rings. The summed E-state index contributed by atoms with van der Waals surface area (Å²) in [6.45, 7) is 4.69. The predicted octanol–water partition coefficient (Wildman–Crippen LogP) is 4.98. The number of nitrogens with one attached hydrogen (secondary N) is 2. The number of unbranched alkanes of at least 4 members (excludes halogenated alkanes) is 2. The first-order valence-corrected chi connectivity index (χ1v) is 10.5. The second kappa shape index (κ2) is 8.63. The molecule has 0 aliphatic carbocycles. The fourth-order valence-electron chi connectivity index (χ4n) is 3.67. The van der Waals surface area contributed by atoms with E-state index < -0.39 is 0 Å². The van der Waals surface area contributed by atoms with Gasteiger partial charge < -0.3 is 19.7 Å². The second-order valence-corrected chi connectivity index (χ2v) is 7.75. The summed E-state index contributed by atoms with van der Waals surface area (Å²) < 4.78 is 5.29. The average molecular weight is 418 g/mol. The molecule has 0 radical (unpaired) electrons. The van der Waals surface area contributed by atoms with Crippen molar-refractivity contribution < 1.29 is 14.6 Å². The number of aryl methyl sites for hydroxylation is 1. The summed E-state index contributed by atoms with van der Waals surface area (Å²) in [4.78, 5) is 21.6. The van der Waals surface area contributed by atoms with Crippen molar-refractivity contribution in [2.24, 2.45) is 0 Å². The van der Waals surface area contributed by atoms with Crippen LogP contribution < -0.4 is 4.90 Å². The Morgan fingerprint density at radius 2 is 2.00 bits per heavy atom. The number of benzene rings is 2. The number of nitrogens with zero attached hydrogens (tertiary/aromatic N) is 2. The Balaban J connectivity index is 1.49. The lowest BCUT2D eigenvalue weighted by molar-refractivity contribution is 0.0498. The van der Waals surface area contributed by atoms with Gasteiger partial charge in [-0.25, -0.2) is 9.78 Å². The predicted molar refractivity (Wildman–Crippen MR) is 122 cm³/mol. The molecule has 160 valence electrons. The monoisotopic (exact) mass is 418 g/mol. The first-order chi connectivity index (χ1) is 15.0. The minimum Gasteiger partial charge on any atom is -0.509 e. The standard InChI is InChI=1S/C24H26N4O3/c1-3-4-5-12-31-24(30)16-7-9-17(10-8-16)28-14-20(29)21(22(28)25)23-26-18-11-6-15(2)13-19(18)27-23/h6-11,13,25,29H,3-5,12,14H2,1-2H3,(H,26,27). The Morgan fingerprint density at radius 1 is 1.23 bits per heavy atom. The highest BCUT2D eigenvalue weighted by atomic mass is 16.5. The summed E-state index contributed by atoms with van der Waals surface area (Å²) >= 11 is 0. The highest BCUT2D eigenvalue weighted by Gasteiger charge is 2.31. The number of aliphatic hydroxyl groups is 1. The molecule has 0 bridgehead atoms. The van der Waals surface area contributed by atoms with E-state index in [1.807, 2.05) is 25.1 Å². The molecular weight excluding hydrogens is 392 g/mol. The molecule has 0 fully saturated rings. The Hall–Kier alpha value is -3.61. The van der Waals surface area contributed by atoms with E-state index >= 15 is 0 Å². The Kier molecular flexibility index (Phi) is 5.75. The highest BCUT2D eigenvalue weighted by Crippen LogP contribution is 2.31. The number of aromatic amines is 1. The molecule has 4 rings (SSSR count). The van der Waals surface area contributed by atoms with Gasteiger partial charge in [-0.15, -0.1) is 0 Å². The number of carbonyl (C=O) groups is 1. The number of amidine groups is 1. The number of anilines is 1. The van der Waals surface area contributed by atoms with Crippen molar-refractivity contribution in [1.29, 1.82) is 5.41 Å². The van der Waals surface area contributed by atoms with Crippen LogP contribution >= 0.6 is 0 Å². The Morgan fingerprint density at radius 3 is 2.74 bits per heavy atom. The molecule has 0 unspecified atom stereocenters. The van der Waals surface area contributed by atoms with Crippen LogP contribution in [0.25, 0.3) is 16.6 Å². The van der Waals surface area contributed by atoms with Crippen LogP contribution in [0.1, 0.15) is 47.9 Å². The minimum atomic E-state index is -0.349. The lowest BCUT2D eigenvalue weighted by Crippen LogP contribution is -2.26. The van der Waals surface area contributed by atoms with Crippen molar-refractivity contribution in [2.75, 3.05) is 18.1 Å². The van der Waals surface area contributed by atoms with Crippen molar-refractivity contribution in [3.63, 3.8) is 0 Å². The summed E-state index contributed by atoms with van der Waals surface area (Å²) in [6.07, 6.45) is 2.97. The van der Waals surface area contributed by atoms with Crippen LogP contribution in [0.15, 0.2) is 48.2 Å². The van der Waals surface area contributed by atoms with Crippen molar-refractivity contribution in [2.45, 2.75) is 33.1 Å². The SMILES string of the molecule is CCCCCOC(=O)c1ccc(N2CC(O)=C(c3nc4ccc(C)cc4[nH]3)C2=N)cc1. The van der Waals surface area contributed by atoms with E-state index in [-0.39, 0.29) is 24.1 Å². The van der Waals surface area contributed by atoms with Gasteiger partial charge in [-0.3, -0.25) is 5.41 Å². The van der Waals surface area contributed by atoms with Gasteiger partial charge in [0.05, 0.1) is 35.3 Å². The van der Waals surface area contributed by atoms with Gasteiger partial charge in [0.15, 0.2) is 0 Å². The van der Waals surface area contributed by atoms with E-state index in [0.717, 1.165) is 35.9 Å². The molecule has 3 aromatic rings. The van der Waals surface area contributed by atoms with Gasteiger partial charge in [-0.2, -0.15) is 0 Å². The summed E-state index contributed by atoms with van der Waals surface area (Å²) in [7, 11) is 0. The summed E-state index contributed by atoms with van der Waals surface area (Å²) in [5.41, 5.74) is 4.32. The summed E-state index contributed by atoms with van der Waals surface area (Å²) in [6, 6.07) is 12.8. The second-order valence-electron chi connectivity index (χ2n) is 7.75. The fraction of sp³-hybridized carbons (Fsp3) is 0.292. The average Bonchev–Trinajstić information content (AvgIpc) is 3.30. The third kappa shape index (κ3) is 4.17. The molecule has 2 aromatic carbocycles. The van der Waals surface area contributed by atoms with Crippen LogP contribution in [0, 0.1) is 12.3 Å². The van der Waals surface area contributed by atoms with Gasteiger partial charge in [0, 0.05) is 5.69 Å². The van der Waals surface area contributed by atoms with Gasteiger partial charge >= 0.3 is 5.97 Å². The van der Waals surface area contributed by atoms with E-state index in [2.05, 4.69) is 16.9 Å². The molecule has 1 aromatic heterocycles. The van der Waals surface area contributed by atoms with E-state index in [0.29, 0.717) is 29.3 Å². The van der Waals surface area contributed by atoms with Crippen LogP contribution in [0.4, 0.5) is 5.69 Å². The number of rotatable bonds is 7. The zero-order chi connectivity index (χ0) is 22.0. The molecule has 0 saturated carbocycles. The third-order valence-electron chi connectivity index (χ3n) is 5.37. The number of esters is 1. The summed E-state index contributed by atoms with van der Waals surface area (Å²) in [5, 5.41) is 19.2. The Labute approximate surface area is 180 Å². The number of carbonyl (C=O) groups excluding carboxylic acids is 1. The van der Waals surface area contributed by atoms with Gasteiger partial charge in [0.1, 0.15) is 17.4 Å². The lowest BCUT2D eigenvalue weighted by Gasteiger charge is -2.18. The first-order valence-electron chi connectivity index (χ1n) is 10.5. The van der Waals surface area contributed by atoms with E-state index in [9.17, 15) is 9.90 Å². The maximum absolute atomic E-state index is 12.2. The molecule has 1 aliphatic heterocycles. The molecule has 0 amide bonds. The number of hydrogen-bond acceptors (Lipinski definition) is 5. The molecule has 0 spiro atoms. The van der Waals surface area contributed by atoms with Crippen LogP contribution in [0.2, 0.25) is 0 Å². The van der Waals surface area contributed by atoms with Crippen LogP contribution in [-0.2, 0) is 4.74 Å². The number of hydrogen-bond donors (Lipinski definition) is 3. The smallest absolute Gasteiger partial charge is 0.338 e. The molecule has 3 N–H and O–H groups in total. The minimum absolute atomic E-state index is 0.0835. The van der Waals surface area contributed by atoms with Crippen molar-refractivity contribution in [1.82, 2.24) is 9.97 Å².